The highest BCUT2D eigenvalue weighted by atomic mass is 16.5. The Bertz CT molecular complexity index is 1110. The van der Waals surface area contributed by atoms with Gasteiger partial charge in [0.1, 0.15) is 0 Å². The number of methoxy groups -OCH3 is 2. The van der Waals surface area contributed by atoms with Crippen molar-refractivity contribution in [3.8, 4) is 22.8 Å². The summed E-state index contributed by atoms with van der Waals surface area (Å²) in [5.41, 5.74) is 6.63. The lowest BCUT2D eigenvalue weighted by Crippen LogP contribution is -2.15. The third-order valence-electron chi connectivity index (χ3n) is 5.60. The minimum atomic E-state index is 0.0907. The molecule has 0 saturated carbocycles. The molecule has 0 N–H and O–H groups in total. The number of fused-ring (bicyclic) bond motifs is 4. The summed E-state index contributed by atoms with van der Waals surface area (Å²) >= 11 is 0. The predicted octanol–water partition coefficient (Wildman–Crippen LogP) is 4.73. The summed E-state index contributed by atoms with van der Waals surface area (Å²) < 4.78 is 13.1. The zero-order valence-electron chi connectivity index (χ0n) is 16.6. The number of aryl methyl sites for hydroxylation is 1. The third-order valence-corrected chi connectivity index (χ3v) is 5.60. The average molecular weight is 363 g/mol. The summed E-state index contributed by atoms with van der Waals surface area (Å²) in [6.07, 6.45) is 0.689. The van der Waals surface area contributed by atoms with E-state index in [1.807, 2.05) is 12.1 Å². The highest BCUT2D eigenvalue weighted by Gasteiger charge is 2.27. The maximum Gasteiger partial charge on any atom is 0.193 e. The van der Waals surface area contributed by atoms with Gasteiger partial charge < -0.3 is 14.0 Å². The maximum atomic E-state index is 13.3. The molecule has 4 heteroatoms. The quantitative estimate of drug-likeness (QED) is 0.526. The Labute approximate surface area is 159 Å². The Kier molecular flexibility index (Phi) is 4.22. The molecule has 1 aliphatic carbocycles. The van der Waals surface area contributed by atoms with Crippen molar-refractivity contribution in [1.29, 1.82) is 0 Å². The zero-order chi connectivity index (χ0) is 19.3. The van der Waals surface area contributed by atoms with E-state index in [2.05, 4.69) is 43.5 Å². The van der Waals surface area contributed by atoms with Crippen molar-refractivity contribution in [2.45, 2.75) is 39.7 Å². The van der Waals surface area contributed by atoms with Crippen LogP contribution in [0.15, 0.2) is 35.1 Å². The van der Waals surface area contributed by atoms with Crippen molar-refractivity contribution in [2.24, 2.45) is 0 Å². The second-order valence-electron chi connectivity index (χ2n) is 7.37. The zero-order valence-corrected chi connectivity index (χ0v) is 16.6. The summed E-state index contributed by atoms with van der Waals surface area (Å²) in [5, 5.41) is 0.685. The number of pyridine rings is 1. The number of aromatic nitrogens is 1. The number of benzene rings is 2. The molecule has 0 radical (unpaired) electrons. The highest BCUT2D eigenvalue weighted by molar-refractivity contribution is 5.89. The number of hydrogen-bond donors (Lipinski definition) is 0. The van der Waals surface area contributed by atoms with Gasteiger partial charge in [0, 0.05) is 35.5 Å². The Morgan fingerprint density at radius 2 is 1.78 bits per heavy atom. The average Bonchev–Trinajstić information content (AvgIpc) is 3.06. The van der Waals surface area contributed by atoms with Crippen LogP contribution in [0.4, 0.5) is 0 Å². The smallest absolute Gasteiger partial charge is 0.193 e. The Hall–Kier alpha value is -2.75. The highest BCUT2D eigenvalue weighted by Crippen LogP contribution is 2.40. The Balaban J connectivity index is 2.07. The lowest BCUT2D eigenvalue weighted by atomic mass is 9.98. The van der Waals surface area contributed by atoms with Crippen LogP contribution in [-0.2, 0) is 13.0 Å². The van der Waals surface area contributed by atoms with E-state index in [9.17, 15) is 4.79 Å². The number of rotatable bonds is 4. The van der Waals surface area contributed by atoms with Gasteiger partial charge in [-0.25, -0.2) is 0 Å². The van der Waals surface area contributed by atoms with Crippen LogP contribution < -0.4 is 14.9 Å². The molecule has 0 unspecified atom stereocenters. The molecule has 0 saturated heterocycles. The Morgan fingerprint density at radius 3 is 2.41 bits per heavy atom. The van der Waals surface area contributed by atoms with Gasteiger partial charge in [-0.1, -0.05) is 32.0 Å². The largest absolute Gasteiger partial charge is 0.493 e. The van der Waals surface area contributed by atoms with Gasteiger partial charge in [-0.15, -0.1) is 0 Å². The van der Waals surface area contributed by atoms with E-state index in [-0.39, 0.29) is 5.43 Å². The summed E-state index contributed by atoms with van der Waals surface area (Å²) in [7, 11) is 3.22. The summed E-state index contributed by atoms with van der Waals surface area (Å²) in [6, 6.07) is 10.3. The normalized spacial score (nSPS) is 12.4. The number of nitrogens with zero attached hydrogens (tertiary/aromatic N) is 1. The van der Waals surface area contributed by atoms with Crippen LogP contribution >= 0.6 is 0 Å². The van der Waals surface area contributed by atoms with Crippen molar-refractivity contribution in [2.75, 3.05) is 14.2 Å². The molecular weight excluding hydrogens is 338 g/mol. The molecular formula is C23H25NO3. The fraction of sp³-hybridized carbons (Fsp3) is 0.348. The van der Waals surface area contributed by atoms with Gasteiger partial charge in [-0.05, 0) is 30.0 Å². The monoisotopic (exact) mass is 363 g/mol. The maximum absolute atomic E-state index is 13.3. The van der Waals surface area contributed by atoms with Crippen LogP contribution in [0.1, 0.15) is 43.4 Å². The fourth-order valence-electron chi connectivity index (χ4n) is 4.17. The van der Waals surface area contributed by atoms with Gasteiger partial charge in [0.2, 0.25) is 0 Å². The van der Waals surface area contributed by atoms with Gasteiger partial charge in [-0.2, -0.15) is 0 Å². The molecule has 0 atom stereocenters. The van der Waals surface area contributed by atoms with Gasteiger partial charge in [-0.3, -0.25) is 4.79 Å². The predicted molar refractivity (Wildman–Crippen MR) is 109 cm³/mol. The third kappa shape index (κ3) is 2.54. The molecule has 3 aromatic rings. The van der Waals surface area contributed by atoms with E-state index < -0.39 is 0 Å². The van der Waals surface area contributed by atoms with Crippen LogP contribution in [-0.4, -0.2) is 18.8 Å². The fourth-order valence-corrected chi connectivity index (χ4v) is 4.17. The van der Waals surface area contributed by atoms with Crippen LogP contribution in [0.3, 0.4) is 0 Å². The standard InChI is InChI=1S/C23H25NO3/c1-6-24-19-12-21(27-5)20(26-4)11-17(19)23(25)18-10-15-9-14(13(2)3)7-8-16(15)22(18)24/h7-9,11-13H,6,10H2,1-5H3. The molecule has 0 aliphatic heterocycles. The van der Waals surface area contributed by atoms with E-state index >= 15 is 0 Å². The van der Waals surface area contributed by atoms with Crippen molar-refractivity contribution in [3.63, 3.8) is 0 Å². The molecule has 140 valence electrons. The first-order chi connectivity index (χ1) is 13.0. The molecule has 4 nitrogen and oxygen atoms in total. The van der Waals surface area contributed by atoms with E-state index in [1.165, 1.54) is 16.7 Å². The summed E-state index contributed by atoms with van der Waals surface area (Å²) in [6.45, 7) is 7.28. The van der Waals surface area contributed by atoms with Crippen molar-refractivity contribution in [3.05, 3.63) is 57.2 Å². The first kappa shape index (κ1) is 17.7. The van der Waals surface area contributed by atoms with Gasteiger partial charge in [0.25, 0.3) is 0 Å². The number of ether oxygens (including phenoxy) is 2. The lowest BCUT2D eigenvalue weighted by Gasteiger charge is -2.18. The molecule has 2 aromatic carbocycles. The molecule has 0 amide bonds. The molecule has 1 aromatic heterocycles. The second-order valence-corrected chi connectivity index (χ2v) is 7.37. The molecule has 0 spiro atoms. The van der Waals surface area contributed by atoms with E-state index in [0.717, 1.165) is 23.3 Å². The molecule has 27 heavy (non-hydrogen) atoms. The Morgan fingerprint density at radius 1 is 1.07 bits per heavy atom. The molecule has 0 bridgehead atoms. The van der Waals surface area contributed by atoms with E-state index in [1.54, 1.807) is 14.2 Å². The van der Waals surface area contributed by atoms with Crippen LogP contribution in [0.2, 0.25) is 0 Å². The second kappa shape index (κ2) is 6.45. The van der Waals surface area contributed by atoms with Gasteiger partial charge >= 0.3 is 0 Å². The molecule has 0 fully saturated rings. The first-order valence-electron chi connectivity index (χ1n) is 9.44. The van der Waals surface area contributed by atoms with Crippen molar-refractivity contribution >= 4 is 10.9 Å². The van der Waals surface area contributed by atoms with Gasteiger partial charge in [0.05, 0.1) is 25.4 Å². The van der Waals surface area contributed by atoms with E-state index in [0.29, 0.717) is 29.2 Å². The molecule has 1 heterocycles. The minimum Gasteiger partial charge on any atom is -0.493 e. The summed E-state index contributed by atoms with van der Waals surface area (Å²) in [5.74, 6) is 1.69. The van der Waals surface area contributed by atoms with Crippen LogP contribution in [0.25, 0.3) is 22.2 Å². The van der Waals surface area contributed by atoms with Crippen molar-refractivity contribution < 1.29 is 9.47 Å². The molecule has 4 rings (SSSR count). The van der Waals surface area contributed by atoms with Gasteiger partial charge in [0.15, 0.2) is 16.9 Å². The topological polar surface area (TPSA) is 40.5 Å². The van der Waals surface area contributed by atoms with Crippen LogP contribution in [0, 0.1) is 0 Å². The first-order valence-corrected chi connectivity index (χ1v) is 9.44. The van der Waals surface area contributed by atoms with Crippen molar-refractivity contribution in [1.82, 2.24) is 4.57 Å². The lowest BCUT2D eigenvalue weighted by molar-refractivity contribution is 0.355. The molecule has 1 aliphatic rings. The minimum absolute atomic E-state index is 0.0907. The number of hydrogen-bond acceptors (Lipinski definition) is 3. The van der Waals surface area contributed by atoms with Crippen LogP contribution in [0.5, 0.6) is 11.5 Å². The SMILES string of the molecule is CCn1c2c(c(=O)c3cc(OC)c(OC)cc31)Cc1cc(C(C)C)ccc1-2. The van der Waals surface area contributed by atoms with E-state index in [4.69, 9.17) is 9.47 Å². The summed E-state index contributed by atoms with van der Waals surface area (Å²) in [4.78, 5) is 13.3.